The highest BCUT2D eigenvalue weighted by Crippen LogP contribution is 2.15. The van der Waals surface area contributed by atoms with Crippen LogP contribution in [0.3, 0.4) is 0 Å². The van der Waals surface area contributed by atoms with E-state index >= 15 is 0 Å². The number of fused-ring (bicyclic) bond motifs is 1. The van der Waals surface area contributed by atoms with Crippen molar-refractivity contribution in [3.8, 4) is 5.75 Å². The molecule has 1 atom stereocenters. The first kappa shape index (κ1) is 16.3. The van der Waals surface area contributed by atoms with E-state index in [4.69, 9.17) is 4.74 Å². The van der Waals surface area contributed by atoms with E-state index in [1.165, 1.54) is 0 Å². The van der Waals surface area contributed by atoms with Crippen molar-refractivity contribution >= 4 is 28.6 Å². The van der Waals surface area contributed by atoms with Gasteiger partial charge in [0.2, 0.25) is 0 Å². The van der Waals surface area contributed by atoms with E-state index in [0.29, 0.717) is 23.0 Å². The van der Waals surface area contributed by atoms with E-state index in [1.807, 2.05) is 26.8 Å². The number of halogens is 1. The fraction of sp³-hybridized carbons (Fsp3) is 0.500. The second kappa shape index (κ2) is 6.37. The average Bonchev–Trinajstić information content (AvgIpc) is 2.75. The van der Waals surface area contributed by atoms with Gasteiger partial charge in [-0.15, -0.1) is 0 Å². The number of rotatable bonds is 5. The lowest BCUT2D eigenvalue weighted by Gasteiger charge is -2.23. The van der Waals surface area contributed by atoms with Crippen LogP contribution in [0.4, 0.5) is 4.79 Å². The van der Waals surface area contributed by atoms with Gasteiger partial charge >= 0.3 is 6.03 Å². The zero-order valence-electron chi connectivity index (χ0n) is 12.2. The second-order valence-electron chi connectivity index (χ2n) is 5.85. The Morgan fingerprint density at radius 2 is 2.10 bits per heavy atom. The first-order valence-corrected chi connectivity index (χ1v) is 7.70. The van der Waals surface area contributed by atoms with Crippen LogP contribution in [-0.4, -0.2) is 35.9 Å². The Hall–Kier alpha value is -1.06. The van der Waals surface area contributed by atoms with Crippen LogP contribution in [0.25, 0.3) is 0 Å². The number of nitrogens with one attached hydrogen (secondary N) is 1. The Morgan fingerprint density at radius 1 is 1.38 bits per heavy atom. The van der Waals surface area contributed by atoms with Crippen molar-refractivity contribution in [2.45, 2.75) is 32.4 Å². The molecule has 7 heteroatoms. The third-order valence-corrected chi connectivity index (χ3v) is 3.62. The van der Waals surface area contributed by atoms with Gasteiger partial charge in [-0.25, -0.2) is 4.79 Å². The molecular formula is C14H18IN3O3. The van der Waals surface area contributed by atoms with Gasteiger partial charge < -0.3 is 15.2 Å². The Labute approximate surface area is 136 Å². The summed E-state index contributed by atoms with van der Waals surface area (Å²) in [5.74, 6) is 0.498. The van der Waals surface area contributed by atoms with Crippen molar-refractivity contribution in [2.75, 3.05) is 13.2 Å². The van der Waals surface area contributed by atoms with E-state index in [-0.39, 0.29) is 12.1 Å². The molecule has 0 bridgehead atoms. The molecule has 0 radical (unpaired) electrons. The number of hydrogen-bond acceptors (Lipinski definition) is 4. The number of β-amino-alcohol motifs (C(OH)–C–C–N with tert-alkyl or cyclic N) is 1. The number of amides is 2. The van der Waals surface area contributed by atoms with Gasteiger partial charge in [0.1, 0.15) is 18.1 Å². The number of hydrogen-bond donors (Lipinski definition) is 2. The molecule has 1 unspecified atom stereocenters. The smallest absolute Gasteiger partial charge is 0.368 e. The van der Waals surface area contributed by atoms with Crippen LogP contribution >= 0.6 is 22.6 Å². The van der Waals surface area contributed by atoms with Gasteiger partial charge in [-0.3, -0.25) is 0 Å². The largest absolute Gasteiger partial charge is 0.487 e. The number of carbonyl (C=O) groups is 1. The molecule has 1 aromatic carbocycles. The van der Waals surface area contributed by atoms with Gasteiger partial charge in [0.25, 0.3) is 0 Å². The maximum absolute atomic E-state index is 11.3. The first-order chi connectivity index (χ1) is 9.76. The first-order valence-electron chi connectivity index (χ1n) is 6.62. The molecule has 1 heterocycles. The van der Waals surface area contributed by atoms with Crippen LogP contribution in [0.1, 0.15) is 20.8 Å². The second-order valence-corrected chi connectivity index (χ2v) is 7.01. The third kappa shape index (κ3) is 4.45. The number of aliphatic hydroxyl groups excluding tert-OH is 1. The third-order valence-electron chi connectivity index (χ3n) is 2.77. The van der Waals surface area contributed by atoms with Crippen LogP contribution in [0.2, 0.25) is 0 Å². The van der Waals surface area contributed by atoms with E-state index in [9.17, 15) is 9.90 Å². The number of aliphatic hydroxyl groups is 1. The molecule has 1 aliphatic heterocycles. The zero-order valence-corrected chi connectivity index (χ0v) is 14.3. The number of carbonyl (C=O) groups excluding carboxylic acids is 1. The van der Waals surface area contributed by atoms with E-state index < -0.39 is 12.1 Å². The summed E-state index contributed by atoms with van der Waals surface area (Å²) in [4.78, 5) is 18.9. The summed E-state index contributed by atoms with van der Waals surface area (Å²) in [6.07, 6.45) is -0.648. The summed E-state index contributed by atoms with van der Waals surface area (Å²) in [5.41, 5.74) is -0.0654. The van der Waals surface area contributed by atoms with E-state index in [2.05, 4.69) is 37.9 Å². The highest BCUT2D eigenvalue weighted by atomic mass is 127. The molecular weight excluding hydrogens is 385 g/mol. The molecule has 6 nitrogen and oxygen atoms in total. The molecule has 0 aromatic heterocycles. The molecule has 0 spiro atoms. The summed E-state index contributed by atoms with van der Waals surface area (Å²) in [7, 11) is 0. The van der Waals surface area contributed by atoms with Crippen LogP contribution in [0.5, 0.6) is 5.75 Å². The molecule has 0 aliphatic carbocycles. The lowest BCUT2D eigenvalue weighted by molar-refractivity contribution is 0.0989. The molecule has 2 N–H and O–H groups in total. The molecule has 0 saturated carbocycles. The van der Waals surface area contributed by atoms with Crippen LogP contribution in [0, 0.1) is 3.57 Å². The summed E-state index contributed by atoms with van der Waals surface area (Å²) < 4.78 is 6.48. The Balaban J connectivity index is 2.06. The van der Waals surface area contributed by atoms with Crippen molar-refractivity contribution in [1.82, 2.24) is 5.32 Å². The Morgan fingerprint density at radius 3 is 2.76 bits per heavy atom. The van der Waals surface area contributed by atoms with Crippen molar-refractivity contribution in [1.29, 1.82) is 0 Å². The number of ether oxygens (including phenoxy) is 1. The van der Waals surface area contributed by atoms with Crippen molar-refractivity contribution in [2.24, 2.45) is 9.98 Å². The van der Waals surface area contributed by atoms with Gasteiger partial charge in [0.15, 0.2) is 5.75 Å². The Bertz CT molecular complexity index is 667. The van der Waals surface area contributed by atoms with Gasteiger partial charge in [0, 0.05) is 12.1 Å². The van der Waals surface area contributed by atoms with E-state index in [1.54, 1.807) is 6.07 Å². The van der Waals surface area contributed by atoms with Gasteiger partial charge in [-0.2, -0.15) is 9.98 Å². The quantitative estimate of drug-likeness (QED) is 0.713. The average molecular weight is 403 g/mol. The van der Waals surface area contributed by atoms with Crippen molar-refractivity contribution < 1.29 is 14.6 Å². The lowest BCUT2D eigenvalue weighted by Crippen LogP contribution is -2.42. The maximum atomic E-state index is 11.3. The highest BCUT2D eigenvalue weighted by Gasteiger charge is 2.16. The topological polar surface area (TPSA) is 83.3 Å². The predicted octanol–water partition coefficient (Wildman–Crippen LogP) is 0.792. The zero-order chi connectivity index (χ0) is 15.6. The normalized spacial score (nSPS) is 15.2. The fourth-order valence-electron chi connectivity index (χ4n) is 1.76. The van der Waals surface area contributed by atoms with E-state index in [0.717, 1.165) is 3.57 Å². The van der Waals surface area contributed by atoms with Crippen molar-refractivity contribution in [3.63, 3.8) is 0 Å². The molecule has 0 fully saturated rings. The minimum Gasteiger partial charge on any atom is -0.487 e. The van der Waals surface area contributed by atoms with Crippen LogP contribution in [-0.2, 0) is 0 Å². The standard InChI is InChI=1S/C14H18IN3O3/c1-14(2,3)16-6-8(19)7-21-12-9(15)4-5-10-11(12)18-13(20)17-10/h4-5,8,16,19H,6-7H2,1-3H3. The minimum absolute atomic E-state index is 0.0654. The predicted molar refractivity (Wildman–Crippen MR) is 86.1 cm³/mol. The van der Waals surface area contributed by atoms with Gasteiger partial charge in [0.05, 0.1) is 8.93 Å². The number of urea groups is 1. The maximum Gasteiger partial charge on any atom is 0.368 e. The van der Waals surface area contributed by atoms with Crippen molar-refractivity contribution in [3.05, 3.63) is 26.4 Å². The summed E-state index contributed by atoms with van der Waals surface area (Å²) in [6, 6.07) is 3.02. The molecule has 0 saturated heterocycles. The van der Waals surface area contributed by atoms with Crippen LogP contribution in [0.15, 0.2) is 22.1 Å². The molecule has 114 valence electrons. The number of benzene rings is 1. The lowest BCUT2D eigenvalue weighted by atomic mass is 10.1. The molecule has 21 heavy (non-hydrogen) atoms. The Kier molecular flexibility index (Phi) is 4.95. The highest BCUT2D eigenvalue weighted by molar-refractivity contribution is 14.1. The monoisotopic (exact) mass is 403 g/mol. The molecule has 1 aromatic rings. The molecule has 1 aliphatic rings. The molecule has 2 amide bonds. The number of nitrogens with zero attached hydrogens (tertiary/aromatic N) is 2. The molecule has 2 rings (SSSR count). The fourth-order valence-corrected chi connectivity index (χ4v) is 2.35. The summed E-state index contributed by atoms with van der Waals surface area (Å²) >= 11 is 2.11. The summed E-state index contributed by atoms with van der Waals surface area (Å²) in [6.45, 7) is 6.63. The summed E-state index contributed by atoms with van der Waals surface area (Å²) in [5, 5.41) is 14.1. The van der Waals surface area contributed by atoms with Gasteiger partial charge in [-0.1, -0.05) is 0 Å². The SMILES string of the molecule is CC(C)(C)NCC(O)COc1c(I)ccc2c1=NC(=O)N=2. The van der Waals surface area contributed by atoms with Gasteiger partial charge in [-0.05, 0) is 55.5 Å². The minimum atomic E-state index is -0.648. The van der Waals surface area contributed by atoms with Crippen LogP contribution < -0.4 is 20.8 Å².